The van der Waals surface area contributed by atoms with E-state index < -0.39 is 63.5 Å². The van der Waals surface area contributed by atoms with Gasteiger partial charge < -0.3 is 31.5 Å². The van der Waals surface area contributed by atoms with Gasteiger partial charge in [0.2, 0.25) is 5.78 Å². The van der Waals surface area contributed by atoms with E-state index >= 15 is 0 Å². The fraction of sp³-hybridized carbons (Fsp3) is 0.406. The Balaban J connectivity index is 1.68. The minimum atomic E-state index is -2.72. The van der Waals surface area contributed by atoms with Crippen LogP contribution in [0.25, 0.3) is 5.76 Å². The second kappa shape index (κ2) is 10.6. The molecular weight excluding hydrogens is 568 g/mol. The molecule has 0 radical (unpaired) electrons. The fourth-order valence-electron chi connectivity index (χ4n) is 6.89. The smallest absolute Gasteiger partial charge is 0.255 e. The molecule has 3 aliphatic rings. The van der Waals surface area contributed by atoms with Gasteiger partial charge in [-0.05, 0) is 67.6 Å². The number of rotatable bonds is 5. The third-order valence-corrected chi connectivity index (χ3v) is 8.98. The zero-order valence-electron chi connectivity index (χ0n) is 25.1. The predicted molar refractivity (Wildman–Crippen MR) is 158 cm³/mol. The maximum absolute atomic E-state index is 14.2. The van der Waals surface area contributed by atoms with Gasteiger partial charge in [0.15, 0.2) is 11.4 Å². The number of phenolic OH excluding ortho intramolecular Hbond substituents is 1. The van der Waals surface area contributed by atoms with E-state index in [2.05, 4.69) is 10.3 Å². The quantitative estimate of drug-likeness (QED) is 0.272. The molecule has 1 aromatic carbocycles. The normalized spacial score (nSPS) is 25.0. The maximum atomic E-state index is 14.2. The number of Topliss-reactive ketones (excluding diaryl/α,β-unsaturated/α-hetero) is 2. The second-order valence-corrected chi connectivity index (χ2v) is 12.9. The van der Waals surface area contributed by atoms with E-state index in [4.69, 9.17) is 5.73 Å². The van der Waals surface area contributed by atoms with Crippen LogP contribution in [-0.4, -0.2) is 79.4 Å². The molecule has 0 aliphatic heterocycles. The number of carbonyl (C=O) groups is 4. The highest BCUT2D eigenvalue weighted by molar-refractivity contribution is 6.24. The molecule has 0 unspecified atom stereocenters. The van der Waals surface area contributed by atoms with Crippen LogP contribution in [-0.2, 0) is 32.8 Å². The molecular formula is C32H36N4O8. The summed E-state index contributed by atoms with van der Waals surface area (Å²) in [5.41, 5.74) is 2.82. The third kappa shape index (κ3) is 4.56. The zero-order chi connectivity index (χ0) is 32.5. The molecule has 12 heteroatoms. The Kier molecular flexibility index (Phi) is 7.42. The van der Waals surface area contributed by atoms with E-state index in [-0.39, 0.29) is 42.2 Å². The lowest BCUT2D eigenvalue weighted by Crippen LogP contribution is -2.65. The summed E-state index contributed by atoms with van der Waals surface area (Å²) in [5.74, 6) is -7.46. The summed E-state index contributed by atoms with van der Waals surface area (Å²) in [6, 6.07) is 3.83. The van der Waals surface area contributed by atoms with Crippen LogP contribution in [0.2, 0.25) is 0 Å². The molecule has 12 nitrogen and oxygen atoms in total. The molecule has 1 aromatic heterocycles. The van der Waals surface area contributed by atoms with Crippen LogP contribution in [0.5, 0.6) is 5.75 Å². The van der Waals surface area contributed by atoms with Crippen molar-refractivity contribution in [2.75, 3.05) is 14.1 Å². The standard InChI is InChI=1S/C32H36N4O8/c1-31(2,3)19-11-16(13-35-30(43)14-7-6-8-34-12-14)17-9-15-10-18-23(36(4)5)26(39)22(29(33)42)28(41)32(18,44)27(40)20(15)25(38)21(17)24(19)37/h6-8,11-12,15,18,23,37-38,41,44H,9-10,13H2,1-5H3,(H2,33,42)(H,35,43)/t15-,18+,23+,32+/m0/s1. The van der Waals surface area contributed by atoms with Crippen molar-refractivity contribution >= 4 is 29.1 Å². The number of amides is 2. The number of nitrogens with one attached hydrogen (secondary N) is 1. The number of likely N-dealkylation sites (N-methyl/N-ethyl adjacent to an activating group) is 1. The lowest BCUT2D eigenvalue weighted by atomic mass is 9.57. The number of primary amides is 1. The molecule has 1 heterocycles. The molecule has 5 rings (SSSR count). The zero-order valence-corrected chi connectivity index (χ0v) is 25.1. The molecule has 3 aliphatic carbocycles. The Labute approximate surface area is 253 Å². The van der Waals surface area contributed by atoms with Crippen molar-refractivity contribution in [3.63, 3.8) is 0 Å². The highest BCUT2D eigenvalue weighted by Crippen LogP contribution is 2.54. The molecule has 2 aromatic rings. The van der Waals surface area contributed by atoms with Crippen molar-refractivity contribution in [2.45, 2.75) is 57.2 Å². The number of aromatic nitrogens is 1. The van der Waals surface area contributed by atoms with Crippen molar-refractivity contribution in [3.05, 3.63) is 75.3 Å². The van der Waals surface area contributed by atoms with E-state index in [0.717, 1.165) is 0 Å². The highest BCUT2D eigenvalue weighted by Gasteiger charge is 2.64. The summed E-state index contributed by atoms with van der Waals surface area (Å²) in [6.45, 7) is 5.60. The number of aliphatic hydroxyl groups is 3. The van der Waals surface area contributed by atoms with Gasteiger partial charge in [-0.2, -0.15) is 0 Å². The summed E-state index contributed by atoms with van der Waals surface area (Å²) in [5, 5.41) is 48.9. The van der Waals surface area contributed by atoms with E-state index in [1.807, 2.05) is 20.8 Å². The molecule has 0 spiro atoms. The Morgan fingerprint density at radius 1 is 1.18 bits per heavy atom. The molecule has 2 amide bonds. The number of fused-ring (bicyclic) bond motifs is 3. The molecule has 232 valence electrons. The average Bonchev–Trinajstić information content (AvgIpc) is 2.93. The highest BCUT2D eigenvalue weighted by atomic mass is 16.3. The van der Waals surface area contributed by atoms with E-state index in [1.165, 1.54) is 11.1 Å². The van der Waals surface area contributed by atoms with Crippen molar-refractivity contribution in [1.82, 2.24) is 15.2 Å². The van der Waals surface area contributed by atoms with Gasteiger partial charge in [-0.3, -0.25) is 29.1 Å². The first kappa shape index (κ1) is 30.9. The van der Waals surface area contributed by atoms with E-state index in [0.29, 0.717) is 22.3 Å². The topological polar surface area (TPSA) is 203 Å². The fourth-order valence-corrected chi connectivity index (χ4v) is 6.89. The average molecular weight is 605 g/mol. The lowest BCUT2D eigenvalue weighted by molar-refractivity contribution is -0.153. The number of nitrogens with two attached hydrogens (primary N) is 1. The van der Waals surface area contributed by atoms with Crippen LogP contribution in [0.15, 0.2) is 47.5 Å². The largest absolute Gasteiger partial charge is 0.508 e. The predicted octanol–water partition coefficient (Wildman–Crippen LogP) is 1.59. The molecule has 1 saturated carbocycles. The number of hydrogen-bond donors (Lipinski definition) is 6. The number of aromatic hydroxyl groups is 1. The number of carbonyl (C=O) groups excluding carboxylic acids is 4. The summed E-state index contributed by atoms with van der Waals surface area (Å²) in [7, 11) is 3.09. The van der Waals surface area contributed by atoms with Gasteiger partial charge in [0.05, 0.1) is 17.2 Å². The van der Waals surface area contributed by atoms with Gasteiger partial charge in [-0.1, -0.05) is 20.8 Å². The molecule has 44 heavy (non-hydrogen) atoms. The van der Waals surface area contributed by atoms with Gasteiger partial charge in [0.1, 0.15) is 22.8 Å². The third-order valence-electron chi connectivity index (χ3n) is 8.98. The molecule has 0 saturated heterocycles. The SMILES string of the molecule is CN(C)[C@H]1C(=O)C(C(N)=O)=C(O)[C@]2(O)C(=O)C3=C(O)c4c(O)c(C(C)(C)C)cc(CNC(=O)c5cccnc5)c4C[C@H]3C[C@H]12. The van der Waals surface area contributed by atoms with Crippen LogP contribution < -0.4 is 11.1 Å². The molecule has 1 fully saturated rings. The Bertz CT molecular complexity index is 1670. The van der Waals surface area contributed by atoms with Crippen molar-refractivity contribution < 1.29 is 39.6 Å². The number of pyridine rings is 1. The summed E-state index contributed by atoms with van der Waals surface area (Å²) < 4.78 is 0. The number of ketones is 2. The molecule has 0 bridgehead atoms. The van der Waals surface area contributed by atoms with Gasteiger partial charge >= 0.3 is 0 Å². The second-order valence-electron chi connectivity index (χ2n) is 12.9. The van der Waals surface area contributed by atoms with Crippen molar-refractivity contribution in [3.8, 4) is 5.75 Å². The van der Waals surface area contributed by atoms with Crippen LogP contribution in [0.1, 0.15) is 59.8 Å². The number of nitrogens with zero attached hydrogens (tertiary/aromatic N) is 2. The lowest BCUT2D eigenvalue weighted by Gasteiger charge is -2.50. The summed E-state index contributed by atoms with van der Waals surface area (Å²) >= 11 is 0. The monoisotopic (exact) mass is 604 g/mol. The number of benzene rings is 1. The van der Waals surface area contributed by atoms with Gasteiger partial charge in [0, 0.05) is 36.0 Å². The number of hydrogen-bond acceptors (Lipinski definition) is 10. The van der Waals surface area contributed by atoms with E-state index in [9.17, 15) is 39.6 Å². The van der Waals surface area contributed by atoms with Gasteiger partial charge in [-0.15, -0.1) is 0 Å². The Hall–Kier alpha value is -4.55. The van der Waals surface area contributed by atoms with Crippen LogP contribution in [0.3, 0.4) is 0 Å². The number of phenols is 1. The van der Waals surface area contributed by atoms with Crippen LogP contribution >= 0.6 is 0 Å². The Morgan fingerprint density at radius 3 is 2.43 bits per heavy atom. The molecule has 4 atom stereocenters. The maximum Gasteiger partial charge on any atom is 0.255 e. The van der Waals surface area contributed by atoms with E-state index in [1.54, 1.807) is 38.5 Å². The first-order valence-corrected chi connectivity index (χ1v) is 14.2. The first-order valence-electron chi connectivity index (χ1n) is 14.2. The summed E-state index contributed by atoms with van der Waals surface area (Å²) in [6.07, 6.45) is 3.06. The van der Waals surface area contributed by atoms with Gasteiger partial charge in [-0.25, -0.2) is 0 Å². The van der Waals surface area contributed by atoms with Crippen LogP contribution in [0, 0.1) is 11.8 Å². The van der Waals surface area contributed by atoms with Crippen molar-refractivity contribution in [1.29, 1.82) is 0 Å². The molecule has 7 N–H and O–H groups in total. The van der Waals surface area contributed by atoms with Crippen LogP contribution in [0.4, 0.5) is 0 Å². The minimum Gasteiger partial charge on any atom is -0.508 e. The number of aliphatic hydroxyl groups excluding tert-OH is 2. The summed E-state index contributed by atoms with van der Waals surface area (Å²) in [4.78, 5) is 58.0. The first-order chi connectivity index (χ1) is 20.5. The minimum absolute atomic E-state index is 0.0145. The van der Waals surface area contributed by atoms with Crippen molar-refractivity contribution in [2.24, 2.45) is 17.6 Å². The van der Waals surface area contributed by atoms with Gasteiger partial charge in [0.25, 0.3) is 11.8 Å². The Morgan fingerprint density at radius 2 is 1.86 bits per heavy atom.